The second-order valence-corrected chi connectivity index (χ2v) is 9.28. The molecular weight excluding hydrogens is 456 g/mol. The summed E-state index contributed by atoms with van der Waals surface area (Å²) in [6, 6.07) is 11.0. The van der Waals surface area contributed by atoms with Crippen LogP contribution in [-0.2, 0) is 44.7 Å². The van der Waals surface area contributed by atoms with Crippen LogP contribution in [0.2, 0.25) is 0 Å². The molecule has 36 heavy (non-hydrogen) atoms. The van der Waals surface area contributed by atoms with Gasteiger partial charge in [0.05, 0.1) is 13.2 Å². The molecule has 2 rings (SSSR count). The minimum absolute atomic E-state index is 0.248. The Morgan fingerprint density at radius 3 is 1.44 bits per heavy atom. The zero-order valence-electron chi connectivity index (χ0n) is 21.9. The number of hydrogen-bond acceptors (Lipinski definition) is 6. The lowest BCUT2D eigenvalue weighted by Crippen LogP contribution is -2.10. The highest BCUT2D eigenvalue weighted by molar-refractivity contribution is 5.70. The number of benzene rings is 2. The molecule has 0 atom stereocenters. The molecule has 0 bridgehead atoms. The van der Waals surface area contributed by atoms with E-state index in [1.54, 1.807) is 12.1 Å². The standard InChI is InChI=1S/C30H42O6/c1-3-5-9-25-21-23(11-15-27(25)31)13-17-29(33)35-19-7-8-20-36-30(34)18-14-24-12-16-28(32)26(22-24)10-6-4-2/h11-12,15-16,21-22,31-32H,3-10,13-14,17-20H2,1-2H3. The summed E-state index contributed by atoms with van der Waals surface area (Å²) in [5.74, 6) is 0.129. The molecule has 0 unspecified atom stereocenters. The van der Waals surface area contributed by atoms with Gasteiger partial charge in [0.25, 0.3) is 0 Å². The van der Waals surface area contributed by atoms with E-state index in [1.165, 1.54) is 0 Å². The van der Waals surface area contributed by atoms with Gasteiger partial charge >= 0.3 is 11.9 Å². The number of aromatic hydroxyl groups is 2. The van der Waals surface area contributed by atoms with Crippen molar-refractivity contribution in [3.8, 4) is 11.5 Å². The Kier molecular flexibility index (Phi) is 13.5. The van der Waals surface area contributed by atoms with Crippen LogP contribution < -0.4 is 0 Å². The van der Waals surface area contributed by atoms with E-state index in [1.807, 2.05) is 24.3 Å². The van der Waals surface area contributed by atoms with Crippen LogP contribution in [0.1, 0.15) is 87.5 Å². The number of ether oxygens (including phenoxy) is 2. The molecule has 0 aliphatic rings. The first kappa shape index (κ1) is 29.2. The van der Waals surface area contributed by atoms with Crippen molar-refractivity contribution in [2.75, 3.05) is 13.2 Å². The van der Waals surface area contributed by atoms with E-state index in [2.05, 4.69) is 13.8 Å². The number of carbonyl (C=O) groups excluding carboxylic acids is 2. The van der Waals surface area contributed by atoms with Crippen LogP contribution in [0.25, 0.3) is 0 Å². The molecule has 2 aromatic carbocycles. The van der Waals surface area contributed by atoms with E-state index >= 15 is 0 Å². The second-order valence-electron chi connectivity index (χ2n) is 9.28. The minimum Gasteiger partial charge on any atom is -0.508 e. The SMILES string of the molecule is CCCCc1cc(CCC(=O)OCCCCOC(=O)CCc2ccc(O)c(CCCC)c2)ccc1O. The Morgan fingerprint density at radius 1 is 0.639 bits per heavy atom. The quantitative estimate of drug-likeness (QED) is 0.199. The van der Waals surface area contributed by atoms with Crippen molar-refractivity contribution in [1.29, 1.82) is 0 Å². The molecule has 0 saturated heterocycles. The number of hydrogen-bond donors (Lipinski definition) is 2. The van der Waals surface area contributed by atoms with Crippen LogP contribution in [-0.4, -0.2) is 35.4 Å². The molecule has 6 nitrogen and oxygen atoms in total. The van der Waals surface area contributed by atoms with Gasteiger partial charge in [-0.05, 0) is 85.8 Å². The molecule has 0 fully saturated rings. The van der Waals surface area contributed by atoms with Gasteiger partial charge in [-0.3, -0.25) is 9.59 Å². The number of esters is 2. The van der Waals surface area contributed by atoms with Crippen LogP contribution in [0, 0.1) is 0 Å². The normalized spacial score (nSPS) is 10.8. The van der Waals surface area contributed by atoms with E-state index in [0.717, 1.165) is 60.8 Å². The molecule has 0 amide bonds. The average Bonchev–Trinajstić information content (AvgIpc) is 2.88. The molecule has 0 aliphatic heterocycles. The number of rotatable bonds is 17. The number of phenols is 2. The van der Waals surface area contributed by atoms with Crippen molar-refractivity contribution in [2.24, 2.45) is 0 Å². The molecule has 2 aromatic rings. The summed E-state index contributed by atoms with van der Waals surface area (Å²) >= 11 is 0. The molecule has 0 heterocycles. The number of carbonyl (C=O) groups is 2. The van der Waals surface area contributed by atoms with Gasteiger partial charge in [0.2, 0.25) is 0 Å². The van der Waals surface area contributed by atoms with E-state index < -0.39 is 0 Å². The van der Waals surface area contributed by atoms with E-state index in [4.69, 9.17) is 9.47 Å². The maximum absolute atomic E-state index is 12.0. The van der Waals surface area contributed by atoms with Crippen molar-refractivity contribution in [1.82, 2.24) is 0 Å². The Labute approximate surface area is 215 Å². The first-order chi connectivity index (χ1) is 17.4. The number of phenolic OH excluding ortho intramolecular Hbond substituents is 2. The zero-order chi connectivity index (χ0) is 26.2. The van der Waals surface area contributed by atoms with Crippen LogP contribution in [0.5, 0.6) is 11.5 Å². The predicted octanol–water partition coefficient (Wildman–Crippen LogP) is 6.22. The van der Waals surface area contributed by atoms with Crippen LogP contribution in [0.4, 0.5) is 0 Å². The smallest absolute Gasteiger partial charge is 0.306 e. The molecular formula is C30H42O6. The van der Waals surface area contributed by atoms with Crippen molar-refractivity contribution in [3.63, 3.8) is 0 Å². The maximum Gasteiger partial charge on any atom is 0.306 e. The Morgan fingerprint density at radius 2 is 1.06 bits per heavy atom. The van der Waals surface area contributed by atoms with Crippen molar-refractivity contribution < 1.29 is 29.3 Å². The summed E-state index contributed by atoms with van der Waals surface area (Å²) in [7, 11) is 0. The molecule has 2 N–H and O–H groups in total. The van der Waals surface area contributed by atoms with Crippen molar-refractivity contribution in [3.05, 3.63) is 58.7 Å². The highest BCUT2D eigenvalue weighted by Gasteiger charge is 2.09. The number of aryl methyl sites for hydroxylation is 4. The molecule has 0 saturated carbocycles. The van der Waals surface area contributed by atoms with Gasteiger partial charge in [-0.15, -0.1) is 0 Å². The summed E-state index contributed by atoms with van der Waals surface area (Å²) in [6.45, 7) is 4.84. The first-order valence-corrected chi connectivity index (χ1v) is 13.4. The van der Waals surface area contributed by atoms with Crippen molar-refractivity contribution >= 4 is 11.9 Å². The Hall–Kier alpha value is -3.02. The molecule has 0 spiro atoms. The first-order valence-electron chi connectivity index (χ1n) is 13.4. The lowest BCUT2D eigenvalue weighted by Gasteiger charge is -2.09. The second kappa shape index (κ2) is 16.6. The fourth-order valence-corrected chi connectivity index (χ4v) is 3.94. The largest absolute Gasteiger partial charge is 0.508 e. The molecule has 198 valence electrons. The van der Waals surface area contributed by atoms with Gasteiger partial charge < -0.3 is 19.7 Å². The van der Waals surface area contributed by atoms with Gasteiger partial charge in [0.1, 0.15) is 11.5 Å². The molecule has 0 aliphatic carbocycles. The Bertz CT molecular complexity index is 875. The summed E-state index contributed by atoms with van der Waals surface area (Å²) < 4.78 is 10.6. The lowest BCUT2D eigenvalue weighted by molar-refractivity contribution is -0.146. The lowest BCUT2D eigenvalue weighted by atomic mass is 10.0. The highest BCUT2D eigenvalue weighted by Crippen LogP contribution is 2.22. The minimum atomic E-state index is -0.248. The zero-order valence-corrected chi connectivity index (χ0v) is 21.9. The van der Waals surface area contributed by atoms with Crippen molar-refractivity contribution in [2.45, 2.75) is 90.9 Å². The summed E-state index contributed by atoms with van der Waals surface area (Å²) in [4.78, 5) is 24.1. The van der Waals surface area contributed by atoms with E-state index in [0.29, 0.717) is 63.2 Å². The van der Waals surface area contributed by atoms with Gasteiger partial charge in [-0.25, -0.2) is 0 Å². The molecule has 0 radical (unpaired) electrons. The summed E-state index contributed by atoms with van der Waals surface area (Å²) in [6.07, 6.45) is 8.87. The van der Waals surface area contributed by atoms with Crippen LogP contribution >= 0.6 is 0 Å². The van der Waals surface area contributed by atoms with Gasteiger partial charge in [0, 0.05) is 12.8 Å². The fraction of sp³-hybridized carbons (Fsp3) is 0.533. The topological polar surface area (TPSA) is 93.1 Å². The van der Waals surface area contributed by atoms with E-state index in [9.17, 15) is 19.8 Å². The summed E-state index contributed by atoms with van der Waals surface area (Å²) in [5.41, 5.74) is 3.90. The third-order valence-corrected chi connectivity index (χ3v) is 6.19. The van der Waals surface area contributed by atoms with E-state index in [-0.39, 0.29) is 11.9 Å². The summed E-state index contributed by atoms with van der Waals surface area (Å²) in [5, 5.41) is 19.9. The third-order valence-electron chi connectivity index (χ3n) is 6.19. The van der Waals surface area contributed by atoms with Crippen LogP contribution in [0.3, 0.4) is 0 Å². The van der Waals surface area contributed by atoms with Crippen LogP contribution in [0.15, 0.2) is 36.4 Å². The number of unbranched alkanes of at least 4 members (excludes halogenated alkanes) is 3. The van der Waals surface area contributed by atoms with Gasteiger partial charge in [-0.1, -0.05) is 51.0 Å². The average molecular weight is 499 g/mol. The Balaban J connectivity index is 1.56. The maximum atomic E-state index is 12.0. The molecule has 6 heteroatoms. The fourth-order valence-electron chi connectivity index (χ4n) is 3.94. The highest BCUT2D eigenvalue weighted by atomic mass is 16.5. The van der Waals surface area contributed by atoms with Gasteiger partial charge in [0.15, 0.2) is 0 Å². The molecule has 0 aromatic heterocycles. The monoisotopic (exact) mass is 498 g/mol. The predicted molar refractivity (Wildman–Crippen MR) is 141 cm³/mol. The van der Waals surface area contributed by atoms with Gasteiger partial charge in [-0.2, -0.15) is 0 Å². The third kappa shape index (κ3) is 11.1.